The minimum atomic E-state index is 0.903. The third kappa shape index (κ3) is 3.13. The van der Waals surface area contributed by atoms with E-state index in [9.17, 15) is 0 Å². The molecule has 0 radical (unpaired) electrons. The molecule has 0 saturated carbocycles. The second-order valence-corrected chi connectivity index (χ2v) is 2.41. The summed E-state index contributed by atoms with van der Waals surface area (Å²) in [6, 6.07) is 0. The molecular weight excluding hydrogens is 140 g/mol. The lowest BCUT2D eigenvalue weighted by Crippen LogP contribution is -2.20. The Labute approximate surface area is 66.6 Å². The van der Waals surface area contributed by atoms with Crippen LogP contribution in [0.1, 0.15) is 13.3 Å². The number of hydrogen-bond donors (Lipinski definition) is 1. The number of hydrogen-bond acceptors (Lipinski definition) is 3. The van der Waals surface area contributed by atoms with E-state index in [4.69, 9.17) is 0 Å². The molecule has 1 aromatic rings. The molecule has 0 fully saturated rings. The summed E-state index contributed by atoms with van der Waals surface area (Å²) in [4.78, 5) is 3.85. The first-order chi connectivity index (χ1) is 5.43. The molecule has 0 aliphatic heterocycles. The lowest BCUT2D eigenvalue weighted by atomic mass is 10.5. The maximum atomic E-state index is 3.98. The molecule has 11 heavy (non-hydrogen) atoms. The zero-order valence-corrected chi connectivity index (χ0v) is 6.82. The van der Waals surface area contributed by atoms with Crippen LogP contribution in [0.3, 0.4) is 0 Å². The summed E-state index contributed by atoms with van der Waals surface area (Å²) in [7, 11) is 0. The molecule has 0 atom stereocenters. The van der Waals surface area contributed by atoms with E-state index in [0.717, 1.165) is 19.6 Å². The number of nitrogens with zero attached hydrogens (tertiary/aromatic N) is 3. The van der Waals surface area contributed by atoms with E-state index in [-0.39, 0.29) is 0 Å². The van der Waals surface area contributed by atoms with Gasteiger partial charge in [-0.2, -0.15) is 5.10 Å². The van der Waals surface area contributed by atoms with Crippen LogP contribution in [-0.4, -0.2) is 27.9 Å². The fourth-order valence-electron chi connectivity index (χ4n) is 0.844. The summed E-state index contributed by atoms with van der Waals surface area (Å²) in [5.74, 6) is 0. The van der Waals surface area contributed by atoms with Gasteiger partial charge >= 0.3 is 0 Å². The molecule has 0 spiro atoms. The van der Waals surface area contributed by atoms with Crippen molar-refractivity contribution in [2.45, 2.75) is 19.9 Å². The monoisotopic (exact) mass is 154 g/mol. The summed E-state index contributed by atoms with van der Waals surface area (Å²) in [5.41, 5.74) is 0. The Bertz CT molecular complexity index is 171. The molecular formula is C7H14N4. The SMILES string of the molecule is CCCNCCn1cncn1. The standard InChI is InChI=1S/C7H14N4/c1-2-3-8-4-5-11-7-9-6-10-11/h6-8H,2-5H2,1H3. The van der Waals surface area contributed by atoms with Gasteiger partial charge in [0.15, 0.2) is 0 Å². The molecule has 1 N–H and O–H groups in total. The van der Waals surface area contributed by atoms with Gasteiger partial charge in [-0.1, -0.05) is 6.92 Å². The predicted molar refractivity (Wildman–Crippen MR) is 43.2 cm³/mol. The number of nitrogens with one attached hydrogen (secondary N) is 1. The summed E-state index contributed by atoms with van der Waals surface area (Å²) in [6.45, 7) is 5.11. The van der Waals surface area contributed by atoms with Crippen LogP contribution in [0.25, 0.3) is 0 Å². The van der Waals surface area contributed by atoms with Gasteiger partial charge in [-0.15, -0.1) is 0 Å². The molecule has 1 rings (SSSR count). The van der Waals surface area contributed by atoms with E-state index in [1.807, 2.05) is 4.68 Å². The fourth-order valence-corrected chi connectivity index (χ4v) is 0.844. The van der Waals surface area contributed by atoms with E-state index in [1.165, 1.54) is 6.42 Å². The highest BCUT2D eigenvalue weighted by atomic mass is 15.3. The van der Waals surface area contributed by atoms with Crippen LogP contribution < -0.4 is 5.32 Å². The Morgan fingerprint density at radius 2 is 2.36 bits per heavy atom. The quantitative estimate of drug-likeness (QED) is 0.619. The van der Waals surface area contributed by atoms with Crippen LogP contribution in [0.4, 0.5) is 0 Å². The lowest BCUT2D eigenvalue weighted by molar-refractivity contribution is 0.552. The van der Waals surface area contributed by atoms with E-state index in [1.54, 1.807) is 12.7 Å². The summed E-state index contributed by atoms with van der Waals surface area (Å²) < 4.78 is 1.82. The Balaban J connectivity index is 2.04. The second kappa shape index (κ2) is 4.85. The van der Waals surface area contributed by atoms with E-state index < -0.39 is 0 Å². The molecule has 4 heteroatoms. The van der Waals surface area contributed by atoms with Crippen molar-refractivity contribution in [1.29, 1.82) is 0 Å². The Kier molecular flexibility index (Phi) is 3.61. The summed E-state index contributed by atoms with van der Waals surface area (Å²) >= 11 is 0. The highest BCUT2D eigenvalue weighted by molar-refractivity contribution is 4.56. The molecule has 0 bridgehead atoms. The maximum absolute atomic E-state index is 3.98. The van der Waals surface area contributed by atoms with Crippen molar-refractivity contribution < 1.29 is 0 Å². The zero-order valence-electron chi connectivity index (χ0n) is 6.82. The van der Waals surface area contributed by atoms with E-state index in [0.29, 0.717) is 0 Å². The normalized spacial score (nSPS) is 10.3. The van der Waals surface area contributed by atoms with Crippen molar-refractivity contribution >= 4 is 0 Å². The maximum Gasteiger partial charge on any atom is 0.137 e. The highest BCUT2D eigenvalue weighted by Crippen LogP contribution is 1.78. The van der Waals surface area contributed by atoms with Crippen LogP contribution in [0.2, 0.25) is 0 Å². The molecule has 0 saturated heterocycles. The van der Waals surface area contributed by atoms with Crippen molar-refractivity contribution in [3.63, 3.8) is 0 Å². The lowest BCUT2D eigenvalue weighted by Gasteiger charge is -2.01. The first kappa shape index (κ1) is 8.20. The number of rotatable bonds is 5. The van der Waals surface area contributed by atoms with Gasteiger partial charge in [0.1, 0.15) is 12.7 Å². The molecule has 1 heterocycles. The minimum absolute atomic E-state index is 0.903. The first-order valence-corrected chi connectivity index (χ1v) is 3.96. The molecule has 0 amide bonds. The van der Waals surface area contributed by atoms with Crippen LogP contribution in [0.15, 0.2) is 12.7 Å². The topological polar surface area (TPSA) is 42.7 Å². The van der Waals surface area contributed by atoms with Crippen LogP contribution in [-0.2, 0) is 6.54 Å². The Hall–Kier alpha value is -0.900. The Morgan fingerprint density at radius 1 is 1.45 bits per heavy atom. The molecule has 1 aromatic heterocycles. The van der Waals surface area contributed by atoms with Gasteiger partial charge in [0.25, 0.3) is 0 Å². The van der Waals surface area contributed by atoms with E-state index in [2.05, 4.69) is 22.3 Å². The fraction of sp³-hybridized carbons (Fsp3) is 0.714. The molecule has 0 aliphatic carbocycles. The van der Waals surface area contributed by atoms with Crippen molar-refractivity contribution in [3.8, 4) is 0 Å². The third-order valence-electron chi connectivity index (χ3n) is 1.41. The average molecular weight is 154 g/mol. The molecule has 0 aromatic carbocycles. The van der Waals surface area contributed by atoms with Crippen LogP contribution >= 0.6 is 0 Å². The smallest absolute Gasteiger partial charge is 0.137 e. The molecule has 0 aliphatic rings. The van der Waals surface area contributed by atoms with Gasteiger partial charge < -0.3 is 5.32 Å². The van der Waals surface area contributed by atoms with Gasteiger partial charge in [-0.05, 0) is 13.0 Å². The van der Waals surface area contributed by atoms with E-state index >= 15 is 0 Å². The van der Waals surface area contributed by atoms with Crippen LogP contribution in [0.5, 0.6) is 0 Å². The summed E-state index contributed by atoms with van der Waals surface area (Å²) in [6.07, 6.45) is 4.46. The molecule has 0 unspecified atom stereocenters. The molecule has 62 valence electrons. The number of aromatic nitrogens is 3. The zero-order chi connectivity index (χ0) is 7.94. The van der Waals surface area contributed by atoms with Crippen LogP contribution in [0, 0.1) is 0 Å². The largest absolute Gasteiger partial charge is 0.315 e. The summed E-state index contributed by atoms with van der Waals surface area (Å²) in [5, 5.41) is 7.26. The average Bonchev–Trinajstić information content (AvgIpc) is 2.50. The first-order valence-electron chi connectivity index (χ1n) is 3.96. The van der Waals surface area contributed by atoms with Gasteiger partial charge in [0, 0.05) is 6.54 Å². The van der Waals surface area contributed by atoms with Crippen molar-refractivity contribution in [2.75, 3.05) is 13.1 Å². The Morgan fingerprint density at radius 3 is 3.00 bits per heavy atom. The van der Waals surface area contributed by atoms with Gasteiger partial charge in [-0.25, -0.2) is 4.98 Å². The van der Waals surface area contributed by atoms with Gasteiger partial charge in [0.05, 0.1) is 6.54 Å². The van der Waals surface area contributed by atoms with Crippen molar-refractivity contribution in [2.24, 2.45) is 0 Å². The highest BCUT2D eigenvalue weighted by Gasteiger charge is 1.88. The van der Waals surface area contributed by atoms with Gasteiger partial charge in [-0.3, -0.25) is 4.68 Å². The molecule has 4 nitrogen and oxygen atoms in total. The third-order valence-corrected chi connectivity index (χ3v) is 1.41. The predicted octanol–water partition coefficient (Wildman–Crippen LogP) is 0.278. The van der Waals surface area contributed by atoms with Gasteiger partial charge in [0.2, 0.25) is 0 Å². The van der Waals surface area contributed by atoms with Crippen molar-refractivity contribution in [3.05, 3.63) is 12.7 Å². The van der Waals surface area contributed by atoms with Crippen molar-refractivity contribution in [1.82, 2.24) is 20.1 Å². The minimum Gasteiger partial charge on any atom is -0.315 e. The second-order valence-electron chi connectivity index (χ2n) is 2.41.